The van der Waals surface area contributed by atoms with Crippen LogP contribution in [-0.2, 0) is 6.42 Å². The number of H-pyrrole nitrogens is 1. The number of hydrogen-bond donors (Lipinski definition) is 1. The Kier molecular flexibility index (Phi) is 3.01. The molecule has 17 heavy (non-hydrogen) atoms. The molecular weight excluding hydrogens is 255 g/mol. The fourth-order valence-corrected chi connectivity index (χ4v) is 2.96. The number of halogens is 2. The summed E-state index contributed by atoms with van der Waals surface area (Å²) in [7, 11) is 0. The number of benzene rings is 1. The van der Waals surface area contributed by atoms with Gasteiger partial charge in [0.1, 0.15) is 5.82 Å². The van der Waals surface area contributed by atoms with Gasteiger partial charge in [-0.1, -0.05) is 48.9 Å². The molecule has 0 unspecified atom stereocenters. The first-order valence-corrected chi connectivity index (χ1v) is 6.81. The zero-order valence-corrected chi connectivity index (χ0v) is 11.0. The minimum atomic E-state index is 0.568. The zero-order chi connectivity index (χ0) is 11.8. The van der Waals surface area contributed by atoms with E-state index in [2.05, 4.69) is 9.97 Å². The van der Waals surface area contributed by atoms with Crippen LogP contribution in [0.2, 0.25) is 10.0 Å². The quantitative estimate of drug-likeness (QED) is 0.847. The van der Waals surface area contributed by atoms with E-state index in [0.29, 0.717) is 10.0 Å². The third-order valence-electron chi connectivity index (χ3n) is 3.53. The first kappa shape index (κ1) is 11.4. The van der Waals surface area contributed by atoms with Crippen molar-refractivity contribution >= 4 is 34.2 Å². The van der Waals surface area contributed by atoms with Gasteiger partial charge in [0.2, 0.25) is 0 Å². The van der Waals surface area contributed by atoms with Crippen molar-refractivity contribution in [3.05, 3.63) is 28.0 Å². The van der Waals surface area contributed by atoms with E-state index < -0.39 is 0 Å². The summed E-state index contributed by atoms with van der Waals surface area (Å²) in [5, 5.41) is 1.15. The van der Waals surface area contributed by atoms with Gasteiger partial charge in [-0.3, -0.25) is 0 Å². The van der Waals surface area contributed by atoms with E-state index in [1.165, 1.54) is 25.7 Å². The Bertz CT molecular complexity index is 503. The molecule has 1 aliphatic rings. The molecule has 1 fully saturated rings. The molecule has 1 aromatic carbocycles. The average Bonchev–Trinajstić information content (AvgIpc) is 2.89. The zero-order valence-electron chi connectivity index (χ0n) is 9.47. The van der Waals surface area contributed by atoms with Crippen LogP contribution in [-0.4, -0.2) is 9.97 Å². The highest BCUT2D eigenvalue weighted by molar-refractivity contribution is 6.42. The molecule has 0 aliphatic heterocycles. The molecule has 0 atom stereocenters. The Morgan fingerprint density at radius 1 is 1.18 bits per heavy atom. The molecule has 0 radical (unpaired) electrons. The van der Waals surface area contributed by atoms with Crippen LogP contribution >= 0.6 is 23.2 Å². The molecule has 1 heterocycles. The predicted molar refractivity (Wildman–Crippen MR) is 71.8 cm³/mol. The Labute approximate surface area is 110 Å². The van der Waals surface area contributed by atoms with Crippen LogP contribution in [0.5, 0.6) is 0 Å². The Balaban J connectivity index is 1.90. The predicted octanol–water partition coefficient (Wildman–Crippen LogP) is 4.60. The SMILES string of the molecule is Clc1cc2nc(CC3CCCC3)[nH]c2cc1Cl. The Morgan fingerprint density at radius 3 is 2.65 bits per heavy atom. The minimum absolute atomic E-state index is 0.568. The molecular formula is C13H14Cl2N2. The van der Waals surface area contributed by atoms with E-state index in [1.54, 1.807) is 0 Å². The van der Waals surface area contributed by atoms with Crippen molar-refractivity contribution in [1.29, 1.82) is 0 Å². The van der Waals surface area contributed by atoms with Crippen LogP contribution in [0.15, 0.2) is 12.1 Å². The molecule has 3 rings (SSSR count). The normalized spacial score (nSPS) is 17.1. The lowest BCUT2D eigenvalue weighted by Crippen LogP contribution is -2.00. The molecule has 0 bridgehead atoms. The van der Waals surface area contributed by atoms with E-state index in [4.69, 9.17) is 23.2 Å². The van der Waals surface area contributed by atoms with Gasteiger partial charge in [0, 0.05) is 6.42 Å². The van der Waals surface area contributed by atoms with Crippen LogP contribution < -0.4 is 0 Å². The molecule has 4 heteroatoms. The fraction of sp³-hybridized carbons (Fsp3) is 0.462. The van der Waals surface area contributed by atoms with Crippen molar-refractivity contribution in [1.82, 2.24) is 9.97 Å². The highest BCUT2D eigenvalue weighted by Crippen LogP contribution is 2.30. The van der Waals surface area contributed by atoms with Crippen LogP contribution in [0.3, 0.4) is 0 Å². The Morgan fingerprint density at radius 2 is 1.88 bits per heavy atom. The lowest BCUT2D eigenvalue weighted by Gasteiger charge is -2.04. The maximum Gasteiger partial charge on any atom is 0.107 e. The Hall–Kier alpha value is -0.730. The molecule has 2 aromatic rings. The number of nitrogens with zero attached hydrogens (tertiary/aromatic N) is 1. The highest BCUT2D eigenvalue weighted by Gasteiger charge is 2.17. The molecule has 90 valence electrons. The lowest BCUT2D eigenvalue weighted by molar-refractivity contribution is 0.534. The van der Waals surface area contributed by atoms with Gasteiger partial charge in [0.25, 0.3) is 0 Å². The van der Waals surface area contributed by atoms with Crippen LogP contribution in [0, 0.1) is 5.92 Å². The van der Waals surface area contributed by atoms with Crippen molar-refractivity contribution in [2.24, 2.45) is 5.92 Å². The molecule has 1 aliphatic carbocycles. The van der Waals surface area contributed by atoms with E-state index in [0.717, 1.165) is 29.2 Å². The van der Waals surface area contributed by atoms with Crippen LogP contribution in [0.25, 0.3) is 11.0 Å². The third kappa shape index (κ3) is 2.29. The number of hydrogen-bond acceptors (Lipinski definition) is 1. The number of aromatic amines is 1. The van der Waals surface area contributed by atoms with Gasteiger partial charge < -0.3 is 4.98 Å². The van der Waals surface area contributed by atoms with E-state index in [9.17, 15) is 0 Å². The monoisotopic (exact) mass is 268 g/mol. The van der Waals surface area contributed by atoms with E-state index in [1.807, 2.05) is 12.1 Å². The molecule has 2 nitrogen and oxygen atoms in total. The number of fused-ring (bicyclic) bond motifs is 1. The van der Waals surface area contributed by atoms with Crippen molar-refractivity contribution in [2.75, 3.05) is 0 Å². The molecule has 1 aromatic heterocycles. The largest absolute Gasteiger partial charge is 0.342 e. The molecule has 0 amide bonds. The first-order chi connectivity index (χ1) is 8.22. The maximum atomic E-state index is 5.99. The van der Waals surface area contributed by atoms with Gasteiger partial charge in [-0.25, -0.2) is 4.98 Å². The van der Waals surface area contributed by atoms with Crippen molar-refractivity contribution in [3.8, 4) is 0 Å². The lowest BCUT2D eigenvalue weighted by atomic mass is 10.0. The molecule has 0 saturated heterocycles. The van der Waals surface area contributed by atoms with Gasteiger partial charge in [-0.15, -0.1) is 0 Å². The smallest absolute Gasteiger partial charge is 0.107 e. The topological polar surface area (TPSA) is 28.7 Å². The number of rotatable bonds is 2. The summed E-state index contributed by atoms with van der Waals surface area (Å²) in [5.41, 5.74) is 1.89. The summed E-state index contributed by atoms with van der Waals surface area (Å²) in [6, 6.07) is 3.68. The summed E-state index contributed by atoms with van der Waals surface area (Å²) in [6.07, 6.45) is 6.44. The van der Waals surface area contributed by atoms with Gasteiger partial charge in [0.15, 0.2) is 0 Å². The summed E-state index contributed by atoms with van der Waals surface area (Å²) < 4.78 is 0. The van der Waals surface area contributed by atoms with Crippen molar-refractivity contribution < 1.29 is 0 Å². The fourth-order valence-electron chi connectivity index (χ4n) is 2.64. The first-order valence-electron chi connectivity index (χ1n) is 6.06. The standard InChI is InChI=1S/C13H14Cl2N2/c14-9-6-11-12(7-10(9)15)17-13(16-11)5-8-3-1-2-4-8/h6-8H,1-5H2,(H,16,17). The van der Waals surface area contributed by atoms with Crippen molar-refractivity contribution in [2.45, 2.75) is 32.1 Å². The molecule has 0 spiro atoms. The van der Waals surface area contributed by atoms with Crippen LogP contribution in [0.1, 0.15) is 31.5 Å². The van der Waals surface area contributed by atoms with Gasteiger partial charge in [-0.2, -0.15) is 0 Å². The second-order valence-corrected chi connectivity index (χ2v) is 5.64. The highest BCUT2D eigenvalue weighted by atomic mass is 35.5. The summed E-state index contributed by atoms with van der Waals surface area (Å²) >= 11 is 12.0. The summed E-state index contributed by atoms with van der Waals surface area (Å²) in [6.45, 7) is 0. The minimum Gasteiger partial charge on any atom is -0.342 e. The third-order valence-corrected chi connectivity index (χ3v) is 4.25. The maximum absolute atomic E-state index is 5.99. The molecule has 1 N–H and O–H groups in total. The van der Waals surface area contributed by atoms with E-state index in [-0.39, 0.29) is 0 Å². The average molecular weight is 269 g/mol. The van der Waals surface area contributed by atoms with E-state index >= 15 is 0 Å². The van der Waals surface area contributed by atoms with Gasteiger partial charge >= 0.3 is 0 Å². The second-order valence-electron chi connectivity index (χ2n) is 4.82. The second kappa shape index (κ2) is 4.51. The summed E-state index contributed by atoms with van der Waals surface area (Å²) in [4.78, 5) is 7.92. The summed E-state index contributed by atoms with van der Waals surface area (Å²) in [5.74, 6) is 1.85. The van der Waals surface area contributed by atoms with Gasteiger partial charge in [-0.05, 0) is 18.1 Å². The van der Waals surface area contributed by atoms with Crippen molar-refractivity contribution in [3.63, 3.8) is 0 Å². The number of nitrogens with one attached hydrogen (secondary N) is 1. The molecule has 1 saturated carbocycles. The van der Waals surface area contributed by atoms with Gasteiger partial charge in [0.05, 0.1) is 21.1 Å². The number of aromatic nitrogens is 2. The van der Waals surface area contributed by atoms with Crippen LogP contribution in [0.4, 0.5) is 0 Å². The number of imidazole rings is 1.